The highest BCUT2D eigenvalue weighted by Gasteiger charge is 2.35. The van der Waals surface area contributed by atoms with Gasteiger partial charge in [-0.2, -0.15) is 0 Å². The molecule has 1 heteroatoms. The first-order valence-electron chi connectivity index (χ1n) is 10.7. The Kier molecular flexibility index (Phi) is 4.61. The lowest BCUT2D eigenvalue weighted by atomic mass is 9.82. The molecular formula is C28H33N. The summed E-state index contributed by atoms with van der Waals surface area (Å²) in [4.78, 5) is 2.45. The van der Waals surface area contributed by atoms with Gasteiger partial charge in [0.2, 0.25) is 0 Å². The average Bonchev–Trinajstić information content (AvgIpc) is 2.89. The smallest absolute Gasteiger partial charge is 0.0416 e. The van der Waals surface area contributed by atoms with Crippen LogP contribution in [0.2, 0.25) is 0 Å². The maximum atomic E-state index is 2.45. The van der Waals surface area contributed by atoms with E-state index in [-0.39, 0.29) is 10.8 Å². The molecule has 0 aromatic heterocycles. The Hall–Kier alpha value is -2.54. The van der Waals surface area contributed by atoms with Crippen LogP contribution in [0.15, 0.2) is 66.7 Å². The summed E-state index contributed by atoms with van der Waals surface area (Å²) in [5, 5.41) is 0. The van der Waals surface area contributed by atoms with Gasteiger partial charge in [-0.05, 0) is 71.3 Å². The van der Waals surface area contributed by atoms with Crippen LogP contribution in [0.5, 0.6) is 0 Å². The number of benzene rings is 3. The van der Waals surface area contributed by atoms with Gasteiger partial charge in [0, 0.05) is 22.8 Å². The fraction of sp³-hybridized carbons (Fsp3) is 0.357. The summed E-state index contributed by atoms with van der Waals surface area (Å²) >= 11 is 0. The van der Waals surface area contributed by atoms with Gasteiger partial charge in [-0.15, -0.1) is 0 Å². The van der Waals surface area contributed by atoms with Crippen LogP contribution in [-0.2, 0) is 10.8 Å². The highest BCUT2D eigenvalue weighted by atomic mass is 15.2. The van der Waals surface area contributed by atoms with Crippen molar-refractivity contribution >= 4 is 11.4 Å². The van der Waals surface area contributed by atoms with Gasteiger partial charge in [0.15, 0.2) is 0 Å². The third-order valence-electron chi connectivity index (χ3n) is 6.37. The standard InChI is InChI=1S/C28H33N/c1-19(2)29(21-14-12-20(13-15-21)27(3,4)5)22-16-17-24-23-10-8-9-11-25(23)28(6,7)26(24)18-22/h8-19H,1-7H3. The van der Waals surface area contributed by atoms with Crippen molar-refractivity contribution in [3.05, 3.63) is 83.4 Å². The normalized spacial score (nSPS) is 14.6. The number of rotatable bonds is 3. The van der Waals surface area contributed by atoms with Crippen molar-refractivity contribution in [2.45, 2.75) is 65.3 Å². The van der Waals surface area contributed by atoms with Gasteiger partial charge < -0.3 is 4.90 Å². The Balaban J connectivity index is 1.79. The Morgan fingerprint density at radius 2 is 1.31 bits per heavy atom. The van der Waals surface area contributed by atoms with E-state index in [0.29, 0.717) is 6.04 Å². The molecule has 3 aromatic rings. The van der Waals surface area contributed by atoms with Crippen LogP contribution in [-0.4, -0.2) is 6.04 Å². The summed E-state index contributed by atoms with van der Waals surface area (Å²) in [7, 11) is 0. The Morgan fingerprint density at radius 1 is 0.724 bits per heavy atom. The van der Waals surface area contributed by atoms with Gasteiger partial charge in [0.1, 0.15) is 0 Å². The van der Waals surface area contributed by atoms with Crippen LogP contribution in [0.1, 0.15) is 65.2 Å². The van der Waals surface area contributed by atoms with Gasteiger partial charge >= 0.3 is 0 Å². The summed E-state index contributed by atoms with van der Waals surface area (Å²) in [5.74, 6) is 0. The largest absolute Gasteiger partial charge is 0.339 e. The fourth-order valence-corrected chi connectivity index (χ4v) is 4.71. The monoisotopic (exact) mass is 383 g/mol. The van der Waals surface area contributed by atoms with Crippen molar-refractivity contribution < 1.29 is 0 Å². The maximum absolute atomic E-state index is 2.45. The van der Waals surface area contributed by atoms with Gasteiger partial charge in [0.25, 0.3) is 0 Å². The van der Waals surface area contributed by atoms with Crippen molar-refractivity contribution in [1.29, 1.82) is 0 Å². The number of anilines is 2. The quantitative estimate of drug-likeness (QED) is 0.445. The molecular weight excluding hydrogens is 350 g/mol. The van der Waals surface area contributed by atoms with E-state index >= 15 is 0 Å². The zero-order valence-electron chi connectivity index (χ0n) is 18.9. The molecule has 0 saturated carbocycles. The lowest BCUT2D eigenvalue weighted by molar-refractivity contribution is 0.590. The minimum absolute atomic E-state index is 0.0285. The molecule has 150 valence electrons. The van der Waals surface area contributed by atoms with Gasteiger partial charge in [0.05, 0.1) is 0 Å². The van der Waals surface area contributed by atoms with E-state index in [1.54, 1.807) is 0 Å². The third-order valence-corrected chi connectivity index (χ3v) is 6.37. The van der Waals surface area contributed by atoms with Gasteiger partial charge in [-0.1, -0.05) is 77.1 Å². The second-order valence-corrected chi connectivity index (χ2v) is 10.2. The number of hydrogen-bond donors (Lipinski definition) is 0. The minimum atomic E-state index is 0.0285. The number of hydrogen-bond acceptors (Lipinski definition) is 1. The van der Waals surface area contributed by atoms with E-state index in [2.05, 4.69) is 120 Å². The van der Waals surface area contributed by atoms with Crippen molar-refractivity contribution in [3.63, 3.8) is 0 Å². The van der Waals surface area contributed by atoms with E-state index in [9.17, 15) is 0 Å². The van der Waals surface area contributed by atoms with Crippen LogP contribution < -0.4 is 4.90 Å². The van der Waals surface area contributed by atoms with Crippen molar-refractivity contribution in [2.24, 2.45) is 0 Å². The molecule has 0 atom stereocenters. The molecule has 0 N–H and O–H groups in total. The molecule has 0 fully saturated rings. The molecule has 0 heterocycles. The molecule has 1 aliphatic rings. The summed E-state index contributed by atoms with van der Waals surface area (Å²) in [6, 6.07) is 25.3. The zero-order chi connectivity index (χ0) is 21.0. The van der Waals surface area contributed by atoms with E-state index in [1.165, 1.54) is 39.2 Å². The van der Waals surface area contributed by atoms with Crippen molar-refractivity contribution in [3.8, 4) is 11.1 Å². The Bertz CT molecular complexity index is 1030. The lowest BCUT2D eigenvalue weighted by Gasteiger charge is -2.31. The third kappa shape index (κ3) is 3.27. The first-order chi connectivity index (χ1) is 13.6. The molecule has 0 aliphatic heterocycles. The summed E-state index contributed by atoms with van der Waals surface area (Å²) in [5.41, 5.74) is 9.70. The molecule has 0 radical (unpaired) electrons. The molecule has 0 amide bonds. The van der Waals surface area contributed by atoms with Crippen LogP contribution in [0.4, 0.5) is 11.4 Å². The zero-order valence-corrected chi connectivity index (χ0v) is 18.9. The second-order valence-electron chi connectivity index (χ2n) is 10.2. The fourth-order valence-electron chi connectivity index (χ4n) is 4.71. The van der Waals surface area contributed by atoms with Crippen LogP contribution >= 0.6 is 0 Å². The Labute approximate surface area is 176 Å². The SMILES string of the molecule is CC(C)N(c1ccc(C(C)(C)C)cc1)c1ccc2c(c1)C(C)(C)c1ccccc1-2. The molecule has 29 heavy (non-hydrogen) atoms. The first-order valence-corrected chi connectivity index (χ1v) is 10.7. The topological polar surface area (TPSA) is 3.24 Å². The molecule has 0 spiro atoms. The summed E-state index contributed by atoms with van der Waals surface area (Å²) in [6.07, 6.45) is 0. The van der Waals surface area contributed by atoms with Gasteiger partial charge in [-0.3, -0.25) is 0 Å². The molecule has 0 saturated heterocycles. The van der Waals surface area contributed by atoms with E-state index in [0.717, 1.165) is 0 Å². The van der Waals surface area contributed by atoms with Crippen molar-refractivity contribution in [1.82, 2.24) is 0 Å². The predicted molar refractivity (Wildman–Crippen MR) is 126 cm³/mol. The lowest BCUT2D eigenvalue weighted by Crippen LogP contribution is -2.26. The second kappa shape index (κ2) is 6.76. The van der Waals surface area contributed by atoms with Crippen molar-refractivity contribution in [2.75, 3.05) is 4.90 Å². The van der Waals surface area contributed by atoms with E-state index in [4.69, 9.17) is 0 Å². The van der Waals surface area contributed by atoms with Crippen LogP contribution in [0, 0.1) is 0 Å². The average molecular weight is 384 g/mol. The van der Waals surface area contributed by atoms with Crippen LogP contribution in [0.3, 0.4) is 0 Å². The van der Waals surface area contributed by atoms with E-state index in [1.807, 2.05) is 0 Å². The molecule has 1 aliphatic carbocycles. The summed E-state index contributed by atoms with van der Waals surface area (Å²) in [6.45, 7) is 16.0. The van der Waals surface area contributed by atoms with Gasteiger partial charge in [-0.25, -0.2) is 0 Å². The van der Waals surface area contributed by atoms with Crippen LogP contribution in [0.25, 0.3) is 11.1 Å². The highest BCUT2D eigenvalue weighted by Crippen LogP contribution is 2.50. The predicted octanol–water partition coefficient (Wildman–Crippen LogP) is 7.84. The first kappa shape index (κ1) is 19.8. The van der Waals surface area contributed by atoms with E-state index < -0.39 is 0 Å². The molecule has 0 unspecified atom stereocenters. The number of nitrogens with zero attached hydrogens (tertiary/aromatic N) is 1. The molecule has 0 bridgehead atoms. The molecule has 1 nitrogen and oxygen atoms in total. The number of fused-ring (bicyclic) bond motifs is 3. The molecule has 4 rings (SSSR count). The minimum Gasteiger partial charge on any atom is -0.339 e. The molecule has 3 aromatic carbocycles. The Morgan fingerprint density at radius 3 is 1.93 bits per heavy atom. The summed E-state index contributed by atoms with van der Waals surface area (Å²) < 4.78 is 0. The maximum Gasteiger partial charge on any atom is 0.0416 e. The highest BCUT2D eigenvalue weighted by molar-refractivity contribution is 5.83.